The molecule has 3 aromatic carbocycles. The van der Waals surface area contributed by atoms with Crippen molar-refractivity contribution in [2.75, 3.05) is 6.54 Å². The van der Waals surface area contributed by atoms with E-state index in [1.54, 1.807) is 0 Å². The van der Waals surface area contributed by atoms with E-state index < -0.39 is 0 Å². The molecule has 0 fully saturated rings. The van der Waals surface area contributed by atoms with Gasteiger partial charge in [-0.1, -0.05) is 72.8 Å². The van der Waals surface area contributed by atoms with Crippen LogP contribution in [-0.4, -0.2) is 27.5 Å². The highest BCUT2D eigenvalue weighted by Gasteiger charge is 2.31. The molecule has 4 heteroatoms. The van der Waals surface area contributed by atoms with Crippen LogP contribution >= 0.6 is 0 Å². The van der Waals surface area contributed by atoms with E-state index in [-0.39, 0.29) is 11.8 Å². The summed E-state index contributed by atoms with van der Waals surface area (Å²) in [7, 11) is 0. The number of amides is 1. The quantitative estimate of drug-likeness (QED) is 0.582. The van der Waals surface area contributed by atoms with E-state index in [0.29, 0.717) is 18.8 Å². The highest BCUT2D eigenvalue weighted by atomic mass is 16.2. The van der Waals surface area contributed by atoms with Gasteiger partial charge in [-0.25, -0.2) is 0 Å². The van der Waals surface area contributed by atoms with Gasteiger partial charge in [0.15, 0.2) is 5.69 Å². The Kier molecular flexibility index (Phi) is 3.75. The number of hydrogen-bond donors (Lipinski definition) is 1. The highest BCUT2D eigenvalue weighted by Crippen LogP contribution is 2.34. The van der Waals surface area contributed by atoms with E-state index in [0.717, 1.165) is 10.9 Å². The lowest BCUT2D eigenvalue weighted by Crippen LogP contribution is -2.38. The van der Waals surface area contributed by atoms with Crippen LogP contribution in [0.3, 0.4) is 0 Å². The zero-order valence-corrected chi connectivity index (χ0v) is 14.8. The first-order valence-corrected chi connectivity index (χ1v) is 9.16. The topological polar surface area (TPSA) is 49.0 Å². The third-order valence-corrected chi connectivity index (χ3v) is 5.36. The molecule has 0 saturated carbocycles. The first-order valence-electron chi connectivity index (χ1n) is 9.16. The third kappa shape index (κ3) is 2.70. The van der Waals surface area contributed by atoms with Crippen LogP contribution in [0.15, 0.2) is 78.9 Å². The minimum atomic E-state index is -0.0251. The molecule has 0 saturated heterocycles. The summed E-state index contributed by atoms with van der Waals surface area (Å²) in [6, 6.07) is 26.6. The van der Waals surface area contributed by atoms with Crippen molar-refractivity contribution in [3.8, 4) is 0 Å². The molecule has 2 heterocycles. The Labute approximate surface area is 157 Å². The number of benzene rings is 3. The lowest BCUT2D eigenvalue weighted by molar-refractivity contribution is 0.0721. The summed E-state index contributed by atoms with van der Waals surface area (Å²) in [6.07, 6.45) is 0. The fourth-order valence-corrected chi connectivity index (χ4v) is 4.01. The molecule has 0 bridgehead atoms. The highest BCUT2D eigenvalue weighted by molar-refractivity contribution is 6.04. The molecule has 0 unspecified atom stereocenters. The van der Waals surface area contributed by atoms with Crippen molar-refractivity contribution in [3.63, 3.8) is 0 Å². The van der Waals surface area contributed by atoms with E-state index in [4.69, 9.17) is 0 Å². The van der Waals surface area contributed by atoms with Crippen LogP contribution < -0.4 is 0 Å². The molecule has 5 rings (SSSR count). The Morgan fingerprint density at radius 3 is 2.56 bits per heavy atom. The summed E-state index contributed by atoms with van der Waals surface area (Å²) in [6.45, 7) is 1.26. The van der Waals surface area contributed by atoms with E-state index in [1.165, 1.54) is 16.7 Å². The number of aromatic nitrogens is 2. The molecule has 0 radical (unpaired) electrons. The van der Waals surface area contributed by atoms with Gasteiger partial charge in [0.05, 0.1) is 5.52 Å². The van der Waals surface area contributed by atoms with Crippen molar-refractivity contribution in [1.29, 1.82) is 0 Å². The third-order valence-electron chi connectivity index (χ3n) is 5.36. The van der Waals surface area contributed by atoms with E-state index in [1.807, 2.05) is 41.3 Å². The van der Waals surface area contributed by atoms with E-state index in [2.05, 4.69) is 52.7 Å². The summed E-state index contributed by atoms with van der Waals surface area (Å²) in [5.74, 6) is 0.146. The maximum absolute atomic E-state index is 13.3. The molecule has 4 nitrogen and oxygen atoms in total. The monoisotopic (exact) mass is 353 g/mol. The minimum absolute atomic E-state index is 0.0251. The average Bonchev–Trinajstić information content (AvgIpc) is 3.17. The molecule has 27 heavy (non-hydrogen) atoms. The predicted molar refractivity (Wildman–Crippen MR) is 106 cm³/mol. The smallest absolute Gasteiger partial charge is 0.275 e. The molecule has 1 amide bonds. The van der Waals surface area contributed by atoms with Gasteiger partial charge < -0.3 is 4.90 Å². The van der Waals surface area contributed by atoms with Crippen molar-refractivity contribution in [1.82, 2.24) is 15.1 Å². The van der Waals surface area contributed by atoms with Gasteiger partial charge in [-0.3, -0.25) is 9.89 Å². The number of carbonyl (C=O) groups is 1. The maximum atomic E-state index is 13.3. The van der Waals surface area contributed by atoms with Gasteiger partial charge in [-0.2, -0.15) is 5.10 Å². The van der Waals surface area contributed by atoms with Crippen LogP contribution in [0.2, 0.25) is 0 Å². The van der Waals surface area contributed by atoms with Crippen LogP contribution in [0.1, 0.15) is 33.1 Å². The molecule has 1 aliphatic heterocycles. The first-order chi connectivity index (χ1) is 13.3. The van der Waals surface area contributed by atoms with E-state index in [9.17, 15) is 4.79 Å². The second kappa shape index (κ2) is 6.40. The zero-order chi connectivity index (χ0) is 18.2. The van der Waals surface area contributed by atoms with Gasteiger partial charge in [-0.15, -0.1) is 0 Å². The van der Waals surface area contributed by atoms with Gasteiger partial charge >= 0.3 is 0 Å². The Bertz CT molecular complexity index is 1120. The van der Waals surface area contributed by atoms with Gasteiger partial charge in [0.2, 0.25) is 0 Å². The Morgan fingerprint density at radius 1 is 0.926 bits per heavy atom. The Balaban J connectivity index is 1.55. The molecule has 4 aromatic rings. The van der Waals surface area contributed by atoms with Crippen molar-refractivity contribution >= 4 is 16.8 Å². The number of hydrogen-bond acceptors (Lipinski definition) is 2. The molecule has 0 aliphatic carbocycles. The van der Waals surface area contributed by atoms with Crippen molar-refractivity contribution in [2.24, 2.45) is 0 Å². The van der Waals surface area contributed by atoms with Crippen LogP contribution in [0.5, 0.6) is 0 Å². The second-order valence-corrected chi connectivity index (χ2v) is 6.97. The van der Waals surface area contributed by atoms with Crippen molar-refractivity contribution in [2.45, 2.75) is 12.5 Å². The number of para-hydroxylation sites is 1. The standard InChI is InChI=1S/C23H19N3O/c27-23(22-19-12-6-7-13-21(19)24-25-22)26-14-17-10-4-5-11-18(17)20(15-26)16-8-2-1-3-9-16/h1-13,20H,14-15H2,(H,24,25)/t20-/m1/s1. The number of nitrogens with one attached hydrogen (secondary N) is 1. The molecular weight excluding hydrogens is 334 g/mol. The Morgan fingerprint density at radius 2 is 1.67 bits per heavy atom. The molecule has 1 aromatic heterocycles. The Hall–Kier alpha value is -3.40. The number of rotatable bonds is 2. The molecule has 1 aliphatic rings. The van der Waals surface area contributed by atoms with Crippen LogP contribution in [0, 0.1) is 0 Å². The van der Waals surface area contributed by atoms with Crippen molar-refractivity contribution in [3.05, 3.63) is 101 Å². The first kappa shape index (κ1) is 15.8. The van der Waals surface area contributed by atoms with Crippen molar-refractivity contribution < 1.29 is 4.79 Å². The molecule has 1 atom stereocenters. The summed E-state index contributed by atoms with van der Waals surface area (Å²) in [5.41, 5.74) is 5.12. The van der Waals surface area contributed by atoms with Gasteiger partial charge in [0.1, 0.15) is 0 Å². The molecular formula is C23H19N3O. The largest absolute Gasteiger partial charge is 0.332 e. The number of H-pyrrole nitrogens is 1. The summed E-state index contributed by atoms with van der Waals surface area (Å²) in [5, 5.41) is 8.15. The maximum Gasteiger partial charge on any atom is 0.275 e. The van der Waals surface area contributed by atoms with Crippen LogP contribution in [0.4, 0.5) is 0 Å². The van der Waals surface area contributed by atoms with Gasteiger partial charge in [0, 0.05) is 24.4 Å². The SMILES string of the molecule is O=C(c1n[nH]c2ccccc12)N1Cc2ccccc2[C@@H](c2ccccc2)C1. The second-order valence-electron chi connectivity index (χ2n) is 6.97. The normalized spacial score (nSPS) is 16.3. The van der Waals surface area contributed by atoms with Crippen LogP contribution in [0.25, 0.3) is 10.9 Å². The lowest BCUT2D eigenvalue weighted by atomic mass is 9.84. The predicted octanol–water partition coefficient (Wildman–Crippen LogP) is 4.35. The van der Waals surface area contributed by atoms with Crippen LogP contribution in [-0.2, 0) is 6.54 Å². The number of nitrogens with zero attached hydrogens (tertiary/aromatic N) is 2. The number of fused-ring (bicyclic) bond motifs is 2. The number of aromatic amines is 1. The summed E-state index contributed by atoms with van der Waals surface area (Å²) >= 11 is 0. The fourth-order valence-electron chi connectivity index (χ4n) is 4.01. The molecule has 1 N–H and O–H groups in total. The molecule has 132 valence electrons. The van der Waals surface area contributed by atoms with Gasteiger partial charge in [0.25, 0.3) is 5.91 Å². The minimum Gasteiger partial charge on any atom is -0.332 e. The summed E-state index contributed by atoms with van der Waals surface area (Å²) < 4.78 is 0. The van der Waals surface area contributed by atoms with Gasteiger partial charge in [-0.05, 0) is 22.8 Å². The number of carbonyl (C=O) groups excluding carboxylic acids is 1. The molecule has 0 spiro atoms. The fraction of sp³-hybridized carbons (Fsp3) is 0.130. The zero-order valence-electron chi connectivity index (χ0n) is 14.8. The van der Waals surface area contributed by atoms with E-state index >= 15 is 0 Å². The average molecular weight is 353 g/mol. The lowest BCUT2D eigenvalue weighted by Gasteiger charge is -2.34. The summed E-state index contributed by atoms with van der Waals surface area (Å²) in [4.78, 5) is 15.2.